The molecule has 0 saturated carbocycles. The lowest BCUT2D eigenvalue weighted by Crippen LogP contribution is -2.54. The summed E-state index contributed by atoms with van der Waals surface area (Å²) < 4.78 is 0. The molecule has 1 aliphatic rings. The third kappa shape index (κ3) is 1.85. The number of nitrogens with zero attached hydrogens (tertiary/aromatic N) is 1. The van der Waals surface area contributed by atoms with Crippen LogP contribution in [-0.4, -0.2) is 22.4 Å². The number of terminal acetylenes is 1. The Balaban J connectivity index is 2.91. The smallest absolute Gasteiger partial charge is 0.220 e. The molecular formula is C11H17NO. The van der Waals surface area contributed by atoms with E-state index in [2.05, 4.69) is 19.8 Å². The Bertz CT molecular complexity index is 249. The van der Waals surface area contributed by atoms with Gasteiger partial charge in [-0.2, -0.15) is 0 Å². The molecule has 13 heavy (non-hydrogen) atoms. The molecule has 1 rings (SSSR count). The van der Waals surface area contributed by atoms with Crippen LogP contribution in [0.2, 0.25) is 0 Å². The van der Waals surface area contributed by atoms with E-state index in [1.807, 2.05) is 4.90 Å². The molecule has 0 spiro atoms. The van der Waals surface area contributed by atoms with Crippen LogP contribution >= 0.6 is 0 Å². The monoisotopic (exact) mass is 179 g/mol. The van der Waals surface area contributed by atoms with Gasteiger partial charge in [0.1, 0.15) is 0 Å². The largest absolute Gasteiger partial charge is 0.324 e. The summed E-state index contributed by atoms with van der Waals surface area (Å²) >= 11 is 0. The SMILES string of the molecule is C#CC1CCCC(C)(C)N1C(C)=O. The summed E-state index contributed by atoms with van der Waals surface area (Å²) in [6, 6.07) is 0.00116. The van der Waals surface area contributed by atoms with E-state index in [0.29, 0.717) is 0 Å². The van der Waals surface area contributed by atoms with Crippen molar-refractivity contribution in [2.24, 2.45) is 0 Å². The van der Waals surface area contributed by atoms with Crippen LogP contribution in [0.15, 0.2) is 0 Å². The molecule has 1 heterocycles. The third-order valence-corrected chi connectivity index (χ3v) is 2.76. The van der Waals surface area contributed by atoms with Crippen molar-refractivity contribution in [2.75, 3.05) is 0 Å². The standard InChI is InChI=1S/C11H17NO/c1-5-10-7-6-8-11(3,4)12(10)9(2)13/h1,10H,6-8H2,2-4H3. The second-order valence-corrected chi connectivity index (χ2v) is 4.28. The Hall–Kier alpha value is -0.970. The molecule has 1 aliphatic heterocycles. The minimum Gasteiger partial charge on any atom is -0.324 e. The lowest BCUT2D eigenvalue weighted by molar-refractivity contribution is -0.138. The van der Waals surface area contributed by atoms with Crippen molar-refractivity contribution in [3.8, 4) is 12.3 Å². The highest BCUT2D eigenvalue weighted by Gasteiger charge is 2.36. The van der Waals surface area contributed by atoms with Gasteiger partial charge >= 0.3 is 0 Å². The molecule has 1 atom stereocenters. The molecule has 72 valence electrons. The highest BCUT2D eigenvalue weighted by molar-refractivity contribution is 5.75. The van der Waals surface area contributed by atoms with E-state index in [1.54, 1.807) is 6.92 Å². The van der Waals surface area contributed by atoms with Gasteiger partial charge in [-0.1, -0.05) is 5.92 Å². The maximum Gasteiger partial charge on any atom is 0.220 e. The molecule has 0 aliphatic carbocycles. The number of hydrogen-bond acceptors (Lipinski definition) is 1. The zero-order valence-electron chi connectivity index (χ0n) is 8.63. The van der Waals surface area contributed by atoms with Crippen molar-refractivity contribution >= 4 is 5.91 Å². The predicted molar refractivity (Wildman–Crippen MR) is 53.1 cm³/mol. The Morgan fingerprint density at radius 1 is 1.62 bits per heavy atom. The van der Waals surface area contributed by atoms with Crippen molar-refractivity contribution in [1.82, 2.24) is 4.90 Å². The number of carbonyl (C=O) groups excluding carboxylic acids is 1. The number of amides is 1. The fourth-order valence-electron chi connectivity index (χ4n) is 2.20. The number of rotatable bonds is 0. The fourth-order valence-corrected chi connectivity index (χ4v) is 2.20. The van der Waals surface area contributed by atoms with Gasteiger partial charge in [0.15, 0.2) is 0 Å². The highest BCUT2D eigenvalue weighted by Crippen LogP contribution is 2.31. The molecule has 0 aromatic carbocycles. The topological polar surface area (TPSA) is 20.3 Å². The normalized spacial score (nSPS) is 26.6. The summed E-state index contributed by atoms with van der Waals surface area (Å²) in [5, 5.41) is 0. The zero-order chi connectivity index (χ0) is 10.1. The Kier molecular flexibility index (Phi) is 2.66. The van der Waals surface area contributed by atoms with E-state index >= 15 is 0 Å². The van der Waals surface area contributed by atoms with Gasteiger partial charge in [0.2, 0.25) is 5.91 Å². The van der Waals surface area contributed by atoms with E-state index in [9.17, 15) is 4.79 Å². The summed E-state index contributed by atoms with van der Waals surface area (Å²) in [6.45, 7) is 5.76. The van der Waals surface area contributed by atoms with Crippen molar-refractivity contribution < 1.29 is 4.79 Å². The van der Waals surface area contributed by atoms with Gasteiger partial charge in [0.25, 0.3) is 0 Å². The Morgan fingerprint density at radius 3 is 2.62 bits per heavy atom. The predicted octanol–water partition coefficient (Wildman–Crippen LogP) is 1.80. The van der Waals surface area contributed by atoms with Gasteiger partial charge in [-0.25, -0.2) is 0 Å². The van der Waals surface area contributed by atoms with Gasteiger partial charge in [-0.05, 0) is 33.1 Å². The first kappa shape index (κ1) is 10.1. The fraction of sp³-hybridized carbons (Fsp3) is 0.727. The first-order chi connectivity index (χ1) is 5.99. The van der Waals surface area contributed by atoms with Crippen molar-refractivity contribution in [3.63, 3.8) is 0 Å². The molecule has 0 N–H and O–H groups in total. The van der Waals surface area contributed by atoms with Crippen LogP contribution in [0, 0.1) is 12.3 Å². The van der Waals surface area contributed by atoms with Crippen LogP contribution in [0.1, 0.15) is 40.0 Å². The zero-order valence-corrected chi connectivity index (χ0v) is 8.63. The van der Waals surface area contributed by atoms with E-state index in [0.717, 1.165) is 19.3 Å². The minimum atomic E-state index is -0.0683. The van der Waals surface area contributed by atoms with E-state index in [-0.39, 0.29) is 17.5 Å². The van der Waals surface area contributed by atoms with E-state index < -0.39 is 0 Å². The Morgan fingerprint density at radius 2 is 2.23 bits per heavy atom. The number of carbonyl (C=O) groups is 1. The Labute approximate surface area is 80.3 Å². The molecule has 0 aromatic rings. The first-order valence-electron chi connectivity index (χ1n) is 4.75. The van der Waals surface area contributed by atoms with Crippen molar-refractivity contribution in [3.05, 3.63) is 0 Å². The molecular weight excluding hydrogens is 162 g/mol. The highest BCUT2D eigenvalue weighted by atomic mass is 16.2. The van der Waals surface area contributed by atoms with Crippen LogP contribution in [0.5, 0.6) is 0 Å². The summed E-state index contributed by atoms with van der Waals surface area (Å²) in [6.07, 6.45) is 8.52. The van der Waals surface area contributed by atoms with Crippen LogP contribution < -0.4 is 0 Å². The van der Waals surface area contributed by atoms with Crippen LogP contribution in [-0.2, 0) is 4.79 Å². The van der Waals surface area contributed by atoms with Gasteiger partial charge < -0.3 is 4.90 Å². The van der Waals surface area contributed by atoms with Crippen molar-refractivity contribution in [2.45, 2.75) is 51.6 Å². The maximum atomic E-state index is 11.4. The molecule has 1 saturated heterocycles. The van der Waals surface area contributed by atoms with Gasteiger partial charge in [-0.15, -0.1) is 6.42 Å². The van der Waals surface area contributed by atoms with Crippen LogP contribution in [0.3, 0.4) is 0 Å². The molecule has 1 amide bonds. The second-order valence-electron chi connectivity index (χ2n) is 4.28. The van der Waals surface area contributed by atoms with Crippen molar-refractivity contribution in [1.29, 1.82) is 0 Å². The first-order valence-corrected chi connectivity index (χ1v) is 4.75. The number of hydrogen-bond donors (Lipinski definition) is 0. The molecule has 2 nitrogen and oxygen atoms in total. The van der Waals surface area contributed by atoms with E-state index in [1.165, 1.54) is 0 Å². The minimum absolute atomic E-state index is 0.00116. The maximum absolute atomic E-state index is 11.4. The number of piperidine rings is 1. The van der Waals surface area contributed by atoms with Gasteiger partial charge in [0.05, 0.1) is 6.04 Å². The van der Waals surface area contributed by atoms with Gasteiger partial charge in [0, 0.05) is 12.5 Å². The summed E-state index contributed by atoms with van der Waals surface area (Å²) in [5.41, 5.74) is -0.0683. The second kappa shape index (κ2) is 3.41. The summed E-state index contributed by atoms with van der Waals surface area (Å²) in [7, 11) is 0. The average molecular weight is 179 g/mol. The summed E-state index contributed by atoms with van der Waals surface area (Å²) in [4.78, 5) is 13.3. The number of likely N-dealkylation sites (tertiary alicyclic amines) is 1. The van der Waals surface area contributed by atoms with Crippen LogP contribution in [0.4, 0.5) is 0 Å². The average Bonchev–Trinajstić information content (AvgIpc) is 2.01. The van der Waals surface area contributed by atoms with Gasteiger partial charge in [-0.3, -0.25) is 4.79 Å². The molecule has 1 fully saturated rings. The molecule has 0 radical (unpaired) electrons. The molecule has 1 unspecified atom stereocenters. The lowest BCUT2D eigenvalue weighted by Gasteiger charge is -2.45. The van der Waals surface area contributed by atoms with E-state index in [4.69, 9.17) is 6.42 Å². The quantitative estimate of drug-likeness (QED) is 0.519. The molecule has 0 aromatic heterocycles. The van der Waals surface area contributed by atoms with Crippen LogP contribution in [0.25, 0.3) is 0 Å². The molecule has 0 bridgehead atoms. The third-order valence-electron chi connectivity index (χ3n) is 2.76. The lowest BCUT2D eigenvalue weighted by atomic mass is 9.86. The molecule has 2 heteroatoms. The summed E-state index contributed by atoms with van der Waals surface area (Å²) in [5.74, 6) is 2.79.